The van der Waals surface area contributed by atoms with E-state index in [0.717, 1.165) is 13.0 Å². The number of hydrogen-bond donors (Lipinski definition) is 1. The summed E-state index contributed by atoms with van der Waals surface area (Å²) in [6.45, 7) is 7.40. The van der Waals surface area contributed by atoms with Gasteiger partial charge in [-0.2, -0.15) is 0 Å². The van der Waals surface area contributed by atoms with E-state index in [9.17, 15) is 8.42 Å². The molecule has 1 saturated carbocycles. The molecule has 0 saturated heterocycles. The molecular formula is C15H23NO3S. The molecule has 0 heterocycles. The van der Waals surface area contributed by atoms with Gasteiger partial charge in [-0.25, -0.2) is 8.42 Å². The van der Waals surface area contributed by atoms with Gasteiger partial charge in [0.15, 0.2) is 9.84 Å². The summed E-state index contributed by atoms with van der Waals surface area (Å²) in [4.78, 5) is 0.301. The lowest BCUT2D eigenvalue weighted by Crippen LogP contribution is -2.62. The number of rotatable bonds is 5. The minimum Gasteiger partial charge on any atom is -0.490 e. The van der Waals surface area contributed by atoms with Crippen molar-refractivity contribution in [1.82, 2.24) is 5.32 Å². The van der Waals surface area contributed by atoms with Crippen molar-refractivity contribution in [2.45, 2.75) is 44.2 Å². The van der Waals surface area contributed by atoms with Gasteiger partial charge in [-0.15, -0.1) is 0 Å². The van der Waals surface area contributed by atoms with Crippen molar-refractivity contribution in [1.29, 1.82) is 0 Å². The van der Waals surface area contributed by atoms with Crippen LogP contribution in [0.1, 0.15) is 27.2 Å². The molecule has 0 aromatic heterocycles. The molecule has 1 aliphatic carbocycles. The summed E-state index contributed by atoms with van der Waals surface area (Å²) in [5.41, 5.74) is 0.0527. The van der Waals surface area contributed by atoms with Crippen LogP contribution in [0.15, 0.2) is 29.2 Å². The fourth-order valence-corrected chi connectivity index (χ4v) is 3.28. The highest BCUT2D eigenvalue weighted by atomic mass is 32.2. The number of hydrogen-bond acceptors (Lipinski definition) is 4. The Labute approximate surface area is 121 Å². The van der Waals surface area contributed by atoms with Gasteiger partial charge in [0.05, 0.1) is 4.90 Å². The Morgan fingerprint density at radius 3 is 2.65 bits per heavy atom. The molecular weight excluding hydrogens is 274 g/mol. The average molecular weight is 297 g/mol. The molecule has 1 fully saturated rings. The van der Waals surface area contributed by atoms with Gasteiger partial charge in [0, 0.05) is 24.1 Å². The first kappa shape index (κ1) is 15.3. The lowest BCUT2D eigenvalue weighted by atomic mass is 9.64. The van der Waals surface area contributed by atoms with E-state index in [2.05, 4.69) is 26.1 Å². The molecule has 1 aromatic rings. The second kappa shape index (κ2) is 5.37. The molecule has 1 aliphatic rings. The van der Waals surface area contributed by atoms with E-state index in [0.29, 0.717) is 16.7 Å². The van der Waals surface area contributed by atoms with Crippen LogP contribution < -0.4 is 10.1 Å². The molecule has 4 nitrogen and oxygen atoms in total. The zero-order valence-electron chi connectivity index (χ0n) is 12.5. The lowest BCUT2D eigenvalue weighted by Gasteiger charge is -2.51. The number of sulfone groups is 1. The molecule has 1 N–H and O–H groups in total. The Morgan fingerprint density at radius 2 is 2.10 bits per heavy atom. The fourth-order valence-electron chi connectivity index (χ4n) is 2.62. The molecule has 0 radical (unpaired) electrons. The first-order valence-corrected chi connectivity index (χ1v) is 8.84. The Morgan fingerprint density at radius 1 is 1.40 bits per heavy atom. The van der Waals surface area contributed by atoms with Crippen LogP contribution in [0.3, 0.4) is 0 Å². The van der Waals surface area contributed by atoms with Crippen molar-refractivity contribution in [3.8, 4) is 5.75 Å². The Kier molecular flexibility index (Phi) is 4.12. The van der Waals surface area contributed by atoms with E-state index < -0.39 is 9.84 Å². The maximum atomic E-state index is 11.6. The number of benzene rings is 1. The summed E-state index contributed by atoms with van der Waals surface area (Å²) in [6, 6.07) is 7.18. The molecule has 2 rings (SSSR count). The molecule has 0 bridgehead atoms. The van der Waals surface area contributed by atoms with Crippen molar-refractivity contribution in [3.05, 3.63) is 24.3 Å². The molecule has 0 amide bonds. The van der Waals surface area contributed by atoms with Crippen molar-refractivity contribution >= 4 is 9.84 Å². The van der Waals surface area contributed by atoms with E-state index in [4.69, 9.17) is 4.74 Å². The van der Waals surface area contributed by atoms with Crippen LogP contribution in [-0.2, 0) is 9.84 Å². The van der Waals surface area contributed by atoms with E-state index in [1.165, 1.54) is 6.26 Å². The average Bonchev–Trinajstić information content (AvgIpc) is 2.37. The predicted molar refractivity (Wildman–Crippen MR) is 79.8 cm³/mol. The molecule has 5 heteroatoms. The van der Waals surface area contributed by atoms with E-state index in [-0.39, 0.29) is 11.5 Å². The fraction of sp³-hybridized carbons (Fsp3) is 0.600. The summed E-state index contributed by atoms with van der Waals surface area (Å²) in [5.74, 6) is 0.626. The van der Waals surface area contributed by atoms with Gasteiger partial charge in [0.1, 0.15) is 11.9 Å². The zero-order valence-corrected chi connectivity index (χ0v) is 13.3. The third kappa shape index (κ3) is 2.99. The maximum Gasteiger partial charge on any atom is 0.175 e. The standard InChI is InChI=1S/C15H23NO3S/c1-5-16-13-10-14(15(13,2)3)19-11-7-6-8-12(9-11)20(4,17)18/h6-9,13-14,16H,5,10H2,1-4H3. The van der Waals surface area contributed by atoms with Crippen molar-refractivity contribution in [2.24, 2.45) is 5.41 Å². The van der Waals surface area contributed by atoms with Gasteiger partial charge in [-0.3, -0.25) is 0 Å². The van der Waals surface area contributed by atoms with Crippen LogP contribution in [-0.4, -0.2) is 33.4 Å². The largest absolute Gasteiger partial charge is 0.490 e. The smallest absolute Gasteiger partial charge is 0.175 e. The van der Waals surface area contributed by atoms with Crippen LogP contribution >= 0.6 is 0 Å². The summed E-state index contributed by atoms with van der Waals surface area (Å²) < 4.78 is 29.1. The Hall–Kier alpha value is -1.07. The minimum atomic E-state index is -3.19. The quantitative estimate of drug-likeness (QED) is 0.905. The summed E-state index contributed by atoms with van der Waals surface area (Å²) >= 11 is 0. The van der Waals surface area contributed by atoms with E-state index in [1.807, 2.05) is 6.07 Å². The third-order valence-corrected chi connectivity index (χ3v) is 5.25. The van der Waals surface area contributed by atoms with Gasteiger partial charge in [0.25, 0.3) is 0 Å². The van der Waals surface area contributed by atoms with E-state index in [1.54, 1.807) is 18.2 Å². The highest BCUT2D eigenvalue weighted by molar-refractivity contribution is 7.90. The zero-order chi connectivity index (χ0) is 15.0. The third-order valence-electron chi connectivity index (χ3n) is 4.14. The van der Waals surface area contributed by atoms with Crippen molar-refractivity contribution in [2.75, 3.05) is 12.8 Å². The second-order valence-electron chi connectivity index (χ2n) is 6.02. The van der Waals surface area contributed by atoms with Gasteiger partial charge >= 0.3 is 0 Å². The molecule has 2 unspecified atom stereocenters. The van der Waals surface area contributed by atoms with Crippen LogP contribution in [0.2, 0.25) is 0 Å². The van der Waals surface area contributed by atoms with Gasteiger partial charge < -0.3 is 10.1 Å². The summed E-state index contributed by atoms with van der Waals surface area (Å²) in [6.07, 6.45) is 2.27. The van der Waals surface area contributed by atoms with Crippen LogP contribution in [0.5, 0.6) is 5.75 Å². The molecule has 2 atom stereocenters. The minimum absolute atomic E-state index is 0.0527. The summed E-state index contributed by atoms with van der Waals surface area (Å²) in [7, 11) is -3.19. The molecule has 20 heavy (non-hydrogen) atoms. The predicted octanol–water partition coefficient (Wildman–Crippen LogP) is 2.25. The number of nitrogens with one attached hydrogen (secondary N) is 1. The Bertz CT molecular complexity index is 581. The van der Waals surface area contributed by atoms with Crippen molar-refractivity contribution in [3.63, 3.8) is 0 Å². The van der Waals surface area contributed by atoms with Crippen LogP contribution in [0.4, 0.5) is 0 Å². The SMILES string of the molecule is CCNC1CC(Oc2cccc(S(C)(=O)=O)c2)C1(C)C. The highest BCUT2D eigenvalue weighted by Crippen LogP contribution is 2.43. The topological polar surface area (TPSA) is 55.4 Å². The van der Waals surface area contributed by atoms with E-state index >= 15 is 0 Å². The summed E-state index contributed by atoms with van der Waals surface area (Å²) in [5, 5.41) is 3.45. The van der Waals surface area contributed by atoms with Crippen LogP contribution in [0, 0.1) is 5.41 Å². The van der Waals surface area contributed by atoms with Crippen LogP contribution in [0.25, 0.3) is 0 Å². The monoisotopic (exact) mass is 297 g/mol. The normalized spacial score (nSPS) is 25.0. The first-order valence-electron chi connectivity index (χ1n) is 6.95. The second-order valence-corrected chi connectivity index (χ2v) is 8.04. The molecule has 1 aromatic carbocycles. The van der Waals surface area contributed by atoms with Gasteiger partial charge in [0.2, 0.25) is 0 Å². The Balaban J connectivity index is 2.09. The lowest BCUT2D eigenvalue weighted by molar-refractivity contribution is -0.0542. The molecule has 0 aliphatic heterocycles. The van der Waals surface area contributed by atoms with Gasteiger partial charge in [-0.05, 0) is 24.7 Å². The maximum absolute atomic E-state index is 11.6. The highest BCUT2D eigenvalue weighted by Gasteiger charge is 2.49. The first-order chi connectivity index (χ1) is 9.25. The van der Waals surface area contributed by atoms with Crippen molar-refractivity contribution < 1.29 is 13.2 Å². The number of ether oxygens (including phenoxy) is 1. The molecule has 0 spiro atoms. The molecule has 112 valence electrons. The van der Waals surface area contributed by atoms with Gasteiger partial charge in [-0.1, -0.05) is 26.8 Å².